The Morgan fingerprint density at radius 2 is 1.71 bits per heavy atom. The van der Waals surface area contributed by atoms with Crippen molar-refractivity contribution < 1.29 is 9.59 Å². The summed E-state index contributed by atoms with van der Waals surface area (Å²) in [6.07, 6.45) is 4.05. The Bertz CT molecular complexity index is 348. The Kier molecular flexibility index (Phi) is 6.29. The van der Waals surface area contributed by atoms with E-state index in [9.17, 15) is 9.59 Å². The first-order valence-corrected chi connectivity index (χ1v) is 8.22. The quantitative estimate of drug-likeness (QED) is 0.800. The van der Waals surface area contributed by atoms with Crippen LogP contribution in [0.25, 0.3) is 0 Å². The van der Waals surface area contributed by atoms with Crippen LogP contribution in [0, 0.1) is 5.92 Å². The molecule has 2 rings (SSSR count). The van der Waals surface area contributed by atoms with Gasteiger partial charge >= 0.3 is 6.03 Å². The summed E-state index contributed by atoms with van der Waals surface area (Å²) in [6.45, 7) is 7.36. The first-order chi connectivity index (χ1) is 10.2. The van der Waals surface area contributed by atoms with Crippen molar-refractivity contribution in [3.05, 3.63) is 0 Å². The zero-order valence-electron chi connectivity index (χ0n) is 13.1. The summed E-state index contributed by atoms with van der Waals surface area (Å²) < 4.78 is 0. The van der Waals surface area contributed by atoms with E-state index in [-0.39, 0.29) is 11.9 Å². The van der Waals surface area contributed by atoms with Crippen LogP contribution < -0.4 is 10.6 Å². The molecule has 2 fully saturated rings. The number of rotatable bonds is 4. The van der Waals surface area contributed by atoms with Gasteiger partial charge < -0.3 is 20.4 Å². The Hall–Kier alpha value is -1.30. The van der Waals surface area contributed by atoms with Gasteiger partial charge in [-0.2, -0.15) is 0 Å². The van der Waals surface area contributed by atoms with Gasteiger partial charge in [0.05, 0.1) is 0 Å². The van der Waals surface area contributed by atoms with Gasteiger partial charge in [-0.05, 0) is 45.2 Å². The van der Waals surface area contributed by atoms with Crippen LogP contribution in [0.15, 0.2) is 0 Å². The van der Waals surface area contributed by atoms with Crippen LogP contribution >= 0.6 is 0 Å². The molecule has 120 valence electrons. The second-order valence-electron chi connectivity index (χ2n) is 5.94. The van der Waals surface area contributed by atoms with Gasteiger partial charge in [0.2, 0.25) is 5.91 Å². The lowest BCUT2D eigenvalue weighted by molar-refractivity contribution is -0.133. The zero-order chi connectivity index (χ0) is 15.1. The number of carbonyl (C=O) groups is 2. The summed E-state index contributed by atoms with van der Waals surface area (Å²) in [5, 5.41) is 6.16. The fourth-order valence-electron chi connectivity index (χ4n) is 3.08. The molecule has 0 aromatic heterocycles. The molecule has 0 aromatic carbocycles. The lowest BCUT2D eigenvalue weighted by Gasteiger charge is -2.35. The van der Waals surface area contributed by atoms with Gasteiger partial charge in [-0.1, -0.05) is 0 Å². The Labute approximate surface area is 127 Å². The molecule has 0 unspecified atom stereocenters. The molecule has 3 amide bonds. The second kappa shape index (κ2) is 8.22. The fraction of sp³-hybridized carbons (Fsp3) is 0.867. The Morgan fingerprint density at radius 1 is 1.10 bits per heavy atom. The second-order valence-corrected chi connectivity index (χ2v) is 5.94. The number of hydrogen-bond donors (Lipinski definition) is 2. The van der Waals surface area contributed by atoms with Crippen LogP contribution in [0.3, 0.4) is 0 Å². The largest absolute Gasteiger partial charge is 0.339 e. The van der Waals surface area contributed by atoms with Crippen molar-refractivity contribution in [1.29, 1.82) is 0 Å². The van der Waals surface area contributed by atoms with Crippen LogP contribution in [0.4, 0.5) is 4.79 Å². The molecular weight excluding hydrogens is 268 g/mol. The van der Waals surface area contributed by atoms with Crippen LogP contribution in [0.1, 0.15) is 32.6 Å². The van der Waals surface area contributed by atoms with E-state index in [4.69, 9.17) is 0 Å². The summed E-state index contributed by atoms with van der Waals surface area (Å²) in [6, 6.07) is -0.0145. The highest BCUT2D eigenvalue weighted by Crippen LogP contribution is 2.18. The van der Waals surface area contributed by atoms with E-state index < -0.39 is 0 Å². The average molecular weight is 296 g/mol. The van der Waals surface area contributed by atoms with E-state index in [0.717, 1.165) is 19.5 Å². The van der Waals surface area contributed by atoms with E-state index >= 15 is 0 Å². The minimum Gasteiger partial charge on any atom is -0.339 e. The lowest BCUT2D eigenvalue weighted by Crippen LogP contribution is -2.53. The minimum atomic E-state index is -0.0145. The predicted octanol–water partition coefficient (Wildman–Crippen LogP) is 0.640. The monoisotopic (exact) mass is 296 g/mol. The van der Waals surface area contributed by atoms with Gasteiger partial charge in [-0.3, -0.25) is 4.79 Å². The van der Waals surface area contributed by atoms with Crippen molar-refractivity contribution >= 4 is 11.9 Å². The summed E-state index contributed by atoms with van der Waals surface area (Å²) in [4.78, 5) is 27.7. The third-order valence-corrected chi connectivity index (χ3v) is 4.47. The first kappa shape index (κ1) is 16.1. The fourth-order valence-corrected chi connectivity index (χ4v) is 3.08. The minimum absolute atomic E-state index is 0.0145. The molecule has 2 aliphatic heterocycles. The number of carbonyl (C=O) groups excluding carboxylic acids is 2. The van der Waals surface area contributed by atoms with Gasteiger partial charge in [0, 0.05) is 39.1 Å². The number of urea groups is 1. The van der Waals surface area contributed by atoms with Crippen LogP contribution in [-0.4, -0.2) is 67.6 Å². The van der Waals surface area contributed by atoms with E-state index in [1.807, 2.05) is 11.8 Å². The molecule has 2 saturated heterocycles. The molecule has 21 heavy (non-hydrogen) atoms. The van der Waals surface area contributed by atoms with Crippen molar-refractivity contribution in [2.45, 2.75) is 32.6 Å². The van der Waals surface area contributed by atoms with E-state index in [1.165, 1.54) is 12.8 Å². The first-order valence-electron chi connectivity index (χ1n) is 8.22. The highest BCUT2D eigenvalue weighted by atomic mass is 16.2. The third-order valence-electron chi connectivity index (χ3n) is 4.47. The smallest absolute Gasteiger partial charge is 0.317 e. The van der Waals surface area contributed by atoms with E-state index in [1.54, 1.807) is 4.90 Å². The molecule has 0 saturated carbocycles. The molecule has 0 radical (unpaired) electrons. The Balaban J connectivity index is 1.66. The molecule has 0 aromatic rings. The molecule has 2 heterocycles. The van der Waals surface area contributed by atoms with Crippen molar-refractivity contribution in [3.63, 3.8) is 0 Å². The van der Waals surface area contributed by atoms with Gasteiger partial charge in [0.25, 0.3) is 0 Å². The van der Waals surface area contributed by atoms with E-state index in [0.29, 0.717) is 45.1 Å². The molecule has 2 aliphatic rings. The van der Waals surface area contributed by atoms with Crippen LogP contribution in [-0.2, 0) is 4.79 Å². The SMILES string of the molecule is CCNC(=O)N1CCN(C(=O)CCC2CCNCC2)CC1. The standard InChI is InChI=1S/C15H28N4O2/c1-2-17-15(21)19-11-9-18(10-12-19)14(20)4-3-13-5-7-16-8-6-13/h13,16H,2-12H2,1H3,(H,17,21). The number of amides is 3. The van der Waals surface area contributed by atoms with Gasteiger partial charge in [-0.25, -0.2) is 4.79 Å². The average Bonchev–Trinajstić information content (AvgIpc) is 2.54. The topological polar surface area (TPSA) is 64.7 Å². The number of piperidine rings is 1. The van der Waals surface area contributed by atoms with Crippen molar-refractivity contribution in [1.82, 2.24) is 20.4 Å². The van der Waals surface area contributed by atoms with Crippen LogP contribution in [0.2, 0.25) is 0 Å². The van der Waals surface area contributed by atoms with Crippen molar-refractivity contribution in [2.24, 2.45) is 5.92 Å². The van der Waals surface area contributed by atoms with Crippen molar-refractivity contribution in [2.75, 3.05) is 45.8 Å². The van der Waals surface area contributed by atoms with E-state index in [2.05, 4.69) is 10.6 Å². The van der Waals surface area contributed by atoms with Gasteiger partial charge in [0.15, 0.2) is 0 Å². The summed E-state index contributed by atoms with van der Waals surface area (Å²) in [5.74, 6) is 0.955. The summed E-state index contributed by atoms with van der Waals surface area (Å²) in [5.41, 5.74) is 0. The van der Waals surface area contributed by atoms with Crippen LogP contribution in [0.5, 0.6) is 0 Å². The molecule has 0 spiro atoms. The maximum absolute atomic E-state index is 12.2. The number of nitrogens with zero attached hydrogens (tertiary/aromatic N) is 2. The summed E-state index contributed by atoms with van der Waals surface area (Å²) >= 11 is 0. The third kappa shape index (κ3) is 4.88. The summed E-state index contributed by atoms with van der Waals surface area (Å²) in [7, 11) is 0. The van der Waals surface area contributed by atoms with Gasteiger partial charge in [-0.15, -0.1) is 0 Å². The lowest BCUT2D eigenvalue weighted by atomic mass is 9.93. The highest BCUT2D eigenvalue weighted by Gasteiger charge is 2.24. The molecular formula is C15H28N4O2. The zero-order valence-corrected chi connectivity index (χ0v) is 13.1. The molecule has 2 N–H and O–H groups in total. The highest BCUT2D eigenvalue weighted by molar-refractivity contribution is 5.77. The molecule has 0 aliphatic carbocycles. The number of hydrogen-bond acceptors (Lipinski definition) is 3. The maximum atomic E-state index is 12.2. The molecule has 0 bridgehead atoms. The Morgan fingerprint density at radius 3 is 2.33 bits per heavy atom. The normalized spacial score (nSPS) is 20.4. The molecule has 6 nitrogen and oxygen atoms in total. The predicted molar refractivity (Wildman–Crippen MR) is 82.1 cm³/mol. The molecule has 0 atom stereocenters. The molecule has 6 heteroatoms. The number of nitrogens with one attached hydrogen (secondary N) is 2. The van der Waals surface area contributed by atoms with Gasteiger partial charge in [0.1, 0.15) is 0 Å². The number of piperazine rings is 1. The maximum Gasteiger partial charge on any atom is 0.317 e. The van der Waals surface area contributed by atoms with Crippen molar-refractivity contribution in [3.8, 4) is 0 Å².